The highest BCUT2D eigenvalue weighted by molar-refractivity contribution is 7.99. The van der Waals surface area contributed by atoms with E-state index in [0.717, 1.165) is 23.6 Å². The molecule has 0 fully saturated rings. The van der Waals surface area contributed by atoms with Gasteiger partial charge in [0.05, 0.1) is 11.3 Å². The highest BCUT2D eigenvalue weighted by atomic mass is 32.2. The lowest BCUT2D eigenvalue weighted by Crippen LogP contribution is -2.15. The van der Waals surface area contributed by atoms with Gasteiger partial charge in [-0.3, -0.25) is 9.36 Å². The number of hydrogen-bond acceptors (Lipinski definition) is 4. The number of benzene rings is 2. The number of hydrogen-bond donors (Lipinski definition) is 1. The van der Waals surface area contributed by atoms with E-state index in [2.05, 4.69) is 15.5 Å². The molecule has 3 rings (SSSR count). The average molecular weight is 406 g/mol. The highest BCUT2D eigenvalue weighted by Crippen LogP contribution is 2.30. The van der Waals surface area contributed by atoms with Gasteiger partial charge in [0.1, 0.15) is 5.82 Å². The first-order valence-corrected chi connectivity index (χ1v) is 9.46. The summed E-state index contributed by atoms with van der Waals surface area (Å²) in [7, 11) is 0. The smallest absolute Gasteiger partial charge is 0.325 e. The maximum atomic E-state index is 12.6. The summed E-state index contributed by atoms with van der Waals surface area (Å²) in [4.78, 5) is 12.2. The molecule has 146 valence electrons. The van der Waals surface area contributed by atoms with Gasteiger partial charge in [0.2, 0.25) is 5.91 Å². The van der Waals surface area contributed by atoms with Gasteiger partial charge in [-0.05, 0) is 36.4 Å². The zero-order valence-electron chi connectivity index (χ0n) is 14.9. The quantitative estimate of drug-likeness (QED) is 0.609. The first-order valence-electron chi connectivity index (χ1n) is 8.48. The van der Waals surface area contributed by atoms with E-state index in [-0.39, 0.29) is 11.7 Å². The molecular formula is C19H17F3N4OS. The van der Waals surface area contributed by atoms with Gasteiger partial charge >= 0.3 is 6.18 Å². The van der Waals surface area contributed by atoms with Crippen molar-refractivity contribution in [1.29, 1.82) is 0 Å². The number of rotatable bonds is 6. The SMILES string of the molecule is CCc1nnc(SCC(=O)Nc2ccc(C(F)(F)F)cc2)n1-c1ccccc1. The zero-order chi connectivity index (χ0) is 20.1. The lowest BCUT2D eigenvalue weighted by atomic mass is 10.2. The third-order valence-corrected chi connectivity index (χ3v) is 4.79. The topological polar surface area (TPSA) is 59.8 Å². The molecule has 0 aliphatic rings. The summed E-state index contributed by atoms with van der Waals surface area (Å²) in [5, 5.41) is 11.5. The number of nitrogens with zero attached hydrogens (tertiary/aromatic N) is 3. The van der Waals surface area contributed by atoms with Gasteiger partial charge in [-0.25, -0.2) is 0 Å². The number of carbonyl (C=O) groups excluding carboxylic acids is 1. The summed E-state index contributed by atoms with van der Waals surface area (Å²) in [6, 6.07) is 13.9. The molecule has 0 unspecified atom stereocenters. The van der Waals surface area contributed by atoms with Crippen LogP contribution in [0, 0.1) is 0 Å². The van der Waals surface area contributed by atoms with Crippen LogP contribution >= 0.6 is 11.8 Å². The van der Waals surface area contributed by atoms with Crippen molar-refractivity contribution in [2.75, 3.05) is 11.1 Å². The Bertz CT molecular complexity index is 940. The van der Waals surface area contributed by atoms with Gasteiger partial charge in [0, 0.05) is 17.8 Å². The number of alkyl halides is 3. The number of carbonyl (C=O) groups is 1. The summed E-state index contributed by atoms with van der Waals surface area (Å²) in [6.45, 7) is 1.97. The summed E-state index contributed by atoms with van der Waals surface area (Å²) >= 11 is 1.21. The lowest BCUT2D eigenvalue weighted by Gasteiger charge is -2.10. The molecule has 0 radical (unpaired) electrons. The van der Waals surface area contributed by atoms with Crippen LogP contribution < -0.4 is 5.32 Å². The minimum Gasteiger partial charge on any atom is -0.325 e. The fraction of sp³-hybridized carbons (Fsp3) is 0.211. The van der Waals surface area contributed by atoms with Crippen molar-refractivity contribution in [2.45, 2.75) is 24.7 Å². The Kier molecular flexibility index (Phi) is 6.03. The number of halogens is 3. The van der Waals surface area contributed by atoms with Crippen LogP contribution in [-0.4, -0.2) is 26.4 Å². The molecule has 28 heavy (non-hydrogen) atoms. The van der Waals surface area contributed by atoms with Crippen LogP contribution in [0.2, 0.25) is 0 Å². The van der Waals surface area contributed by atoms with Crippen molar-refractivity contribution in [3.8, 4) is 5.69 Å². The van der Waals surface area contributed by atoms with E-state index in [1.807, 2.05) is 41.8 Å². The molecule has 0 atom stereocenters. The molecule has 0 aliphatic carbocycles. The molecule has 0 spiro atoms. The first kappa shape index (κ1) is 19.9. The van der Waals surface area contributed by atoms with E-state index in [1.165, 1.54) is 23.9 Å². The Morgan fingerprint density at radius 2 is 1.75 bits per heavy atom. The molecule has 0 aliphatic heterocycles. The second-order valence-corrected chi connectivity index (χ2v) is 6.78. The molecule has 1 N–H and O–H groups in total. The number of thioether (sulfide) groups is 1. The number of para-hydroxylation sites is 1. The Morgan fingerprint density at radius 1 is 1.07 bits per heavy atom. The standard InChI is InChI=1S/C19H17F3N4OS/c1-2-16-24-25-18(26(16)15-6-4-3-5-7-15)28-12-17(27)23-14-10-8-13(9-11-14)19(20,21)22/h3-11H,2,12H2,1H3,(H,23,27). The van der Waals surface area contributed by atoms with E-state index in [0.29, 0.717) is 17.3 Å². The van der Waals surface area contributed by atoms with Crippen LogP contribution in [0.15, 0.2) is 59.8 Å². The predicted molar refractivity (Wildman–Crippen MR) is 102 cm³/mol. The fourth-order valence-corrected chi connectivity index (χ4v) is 3.30. The van der Waals surface area contributed by atoms with Gasteiger partial charge in [-0.1, -0.05) is 36.9 Å². The van der Waals surface area contributed by atoms with Crippen molar-refractivity contribution in [1.82, 2.24) is 14.8 Å². The molecule has 3 aromatic rings. The molecule has 0 saturated carbocycles. The minimum atomic E-state index is -4.41. The molecule has 1 aromatic heterocycles. The van der Waals surface area contributed by atoms with Gasteiger partial charge < -0.3 is 5.32 Å². The van der Waals surface area contributed by atoms with Crippen molar-refractivity contribution in [3.05, 3.63) is 66.0 Å². The van der Waals surface area contributed by atoms with Crippen LogP contribution in [0.1, 0.15) is 18.3 Å². The third-order valence-electron chi connectivity index (χ3n) is 3.86. The van der Waals surface area contributed by atoms with E-state index >= 15 is 0 Å². The van der Waals surface area contributed by atoms with E-state index in [1.54, 1.807) is 0 Å². The lowest BCUT2D eigenvalue weighted by molar-refractivity contribution is -0.137. The molecule has 9 heteroatoms. The Labute approximate surface area is 164 Å². The predicted octanol–water partition coefficient (Wildman–Crippen LogP) is 4.58. The second-order valence-electron chi connectivity index (χ2n) is 5.84. The van der Waals surface area contributed by atoms with Gasteiger partial charge in [-0.2, -0.15) is 13.2 Å². The van der Waals surface area contributed by atoms with Crippen LogP contribution in [0.5, 0.6) is 0 Å². The maximum absolute atomic E-state index is 12.6. The van der Waals surface area contributed by atoms with Crippen LogP contribution in [0.3, 0.4) is 0 Å². The third kappa shape index (κ3) is 4.72. The normalized spacial score (nSPS) is 11.4. The van der Waals surface area contributed by atoms with Crippen molar-refractivity contribution >= 4 is 23.4 Å². The number of amides is 1. The maximum Gasteiger partial charge on any atom is 0.416 e. The second kappa shape index (κ2) is 8.47. The number of nitrogens with one attached hydrogen (secondary N) is 1. The van der Waals surface area contributed by atoms with E-state index < -0.39 is 11.7 Å². The Morgan fingerprint density at radius 3 is 2.36 bits per heavy atom. The van der Waals surface area contributed by atoms with Gasteiger partial charge in [-0.15, -0.1) is 10.2 Å². The fourth-order valence-electron chi connectivity index (χ4n) is 2.53. The van der Waals surface area contributed by atoms with E-state index in [9.17, 15) is 18.0 Å². The average Bonchev–Trinajstić information content (AvgIpc) is 3.10. The van der Waals surface area contributed by atoms with Crippen LogP contribution in [-0.2, 0) is 17.4 Å². The first-order chi connectivity index (χ1) is 13.4. The summed E-state index contributed by atoms with van der Waals surface area (Å²) in [5.74, 6) is 0.484. The molecule has 0 bridgehead atoms. The van der Waals surface area contributed by atoms with Crippen molar-refractivity contribution in [3.63, 3.8) is 0 Å². The number of aromatic nitrogens is 3. The molecule has 2 aromatic carbocycles. The Balaban J connectivity index is 1.66. The zero-order valence-corrected chi connectivity index (χ0v) is 15.7. The molecule has 1 amide bonds. The Hall–Kier alpha value is -2.81. The van der Waals surface area contributed by atoms with Crippen molar-refractivity contribution < 1.29 is 18.0 Å². The number of anilines is 1. The summed E-state index contributed by atoms with van der Waals surface area (Å²) in [5.41, 5.74) is 0.440. The molecular weight excluding hydrogens is 389 g/mol. The molecule has 1 heterocycles. The monoisotopic (exact) mass is 406 g/mol. The van der Waals surface area contributed by atoms with Crippen molar-refractivity contribution in [2.24, 2.45) is 0 Å². The largest absolute Gasteiger partial charge is 0.416 e. The van der Waals surface area contributed by atoms with Crippen LogP contribution in [0.25, 0.3) is 5.69 Å². The molecule has 5 nitrogen and oxygen atoms in total. The number of aryl methyl sites for hydroxylation is 1. The highest BCUT2D eigenvalue weighted by Gasteiger charge is 2.30. The summed E-state index contributed by atoms with van der Waals surface area (Å²) < 4.78 is 39.7. The minimum absolute atomic E-state index is 0.0513. The van der Waals surface area contributed by atoms with Gasteiger partial charge in [0.15, 0.2) is 5.16 Å². The van der Waals surface area contributed by atoms with Gasteiger partial charge in [0.25, 0.3) is 0 Å². The summed E-state index contributed by atoms with van der Waals surface area (Å²) in [6.07, 6.45) is -3.73. The molecule has 0 saturated heterocycles. The van der Waals surface area contributed by atoms with Crippen LogP contribution in [0.4, 0.5) is 18.9 Å². The van der Waals surface area contributed by atoms with E-state index in [4.69, 9.17) is 0 Å².